The zero-order chi connectivity index (χ0) is 14.0. The van der Waals surface area contributed by atoms with Crippen molar-refractivity contribution in [2.75, 3.05) is 26.3 Å². The number of carbonyl (C=O) groups is 2. The molecular formula is C14H20NO4-. The van der Waals surface area contributed by atoms with E-state index < -0.39 is 17.8 Å². The molecule has 0 bridgehead atoms. The molecule has 5 heteroatoms. The number of carboxylic acids is 1. The second-order valence-corrected chi connectivity index (χ2v) is 5.44. The van der Waals surface area contributed by atoms with Crippen LogP contribution in [0.2, 0.25) is 0 Å². The Hall–Kier alpha value is -1.36. The number of hydrogen-bond donors (Lipinski definition) is 0. The number of morpholine rings is 1. The van der Waals surface area contributed by atoms with Gasteiger partial charge in [0.2, 0.25) is 5.91 Å². The van der Waals surface area contributed by atoms with Gasteiger partial charge in [-0.25, -0.2) is 0 Å². The van der Waals surface area contributed by atoms with Crippen molar-refractivity contribution in [1.82, 2.24) is 4.90 Å². The maximum Gasteiger partial charge on any atom is 0.226 e. The van der Waals surface area contributed by atoms with Crippen LogP contribution in [0.15, 0.2) is 11.1 Å². The molecule has 2 aliphatic rings. The first-order chi connectivity index (χ1) is 9.00. The summed E-state index contributed by atoms with van der Waals surface area (Å²) in [4.78, 5) is 25.5. The van der Waals surface area contributed by atoms with Crippen molar-refractivity contribution < 1.29 is 19.4 Å². The van der Waals surface area contributed by atoms with Crippen LogP contribution in [0.5, 0.6) is 0 Å². The molecule has 1 fully saturated rings. The van der Waals surface area contributed by atoms with Crippen molar-refractivity contribution in [1.29, 1.82) is 0 Å². The molecule has 0 aromatic heterocycles. The zero-order valence-corrected chi connectivity index (χ0v) is 11.5. The molecule has 19 heavy (non-hydrogen) atoms. The number of carbonyl (C=O) groups excluding carboxylic acids is 2. The van der Waals surface area contributed by atoms with Gasteiger partial charge in [0.1, 0.15) is 0 Å². The Morgan fingerprint density at radius 2 is 1.63 bits per heavy atom. The Bertz CT molecular complexity index is 410. The SMILES string of the molecule is CC1=C(C)C[C@@H](C(=O)N2CCOCC2)[C@@H](C(=O)[O-])C1. The highest BCUT2D eigenvalue weighted by Crippen LogP contribution is 2.35. The van der Waals surface area contributed by atoms with Crippen molar-refractivity contribution in [2.45, 2.75) is 26.7 Å². The molecule has 2 atom stereocenters. The van der Waals surface area contributed by atoms with E-state index in [1.54, 1.807) is 4.90 Å². The predicted octanol–water partition coefficient (Wildman–Crippen LogP) is -0.0423. The fourth-order valence-electron chi connectivity index (χ4n) is 2.82. The predicted molar refractivity (Wildman–Crippen MR) is 67.0 cm³/mol. The number of amides is 1. The van der Waals surface area contributed by atoms with Crippen LogP contribution < -0.4 is 5.11 Å². The second-order valence-electron chi connectivity index (χ2n) is 5.44. The molecule has 0 N–H and O–H groups in total. The Labute approximate surface area is 113 Å². The summed E-state index contributed by atoms with van der Waals surface area (Å²) in [6.45, 7) is 6.07. The van der Waals surface area contributed by atoms with E-state index >= 15 is 0 Å². The molecule has 0 radical (unpaired) electrons. The van der Waals surface area contributed by atoms with Crippen molar-refractivity contribution in [2.24, 2.45) is 11.8 Å². The summed E-state index contributed by atoms with van der Waals surface area (Å²) in [7, 11) is 0. The van der Waals surface area contributed by atoms with Gasteiger partial charge in [0.05, 0.1) is 19.1 Å². The number of hydrogen-bond acceptors (Lipinski definition) is 4. The molecule has 1 aliphatic carbocycles. The average Bonchev–Trinajstić information content (AvgIpc) is 2.41. The van der Waals surface area contributed by atoms with Gasteiger partial charge in [0.15, 0.2) is 0 Å². The smallest absolute Gasteiger partial charge is 0.226 e. The Balaban J connectivity index is 2.15. The van der Waals surface area contributed by atoms with Crippen LogP contribution in [0.4, 0.5) is 0 Å². The third kappa shape index (κ3) is 2.97. The quantitative estimate of drug-likeness (QED) is 0.657. The molecule has 0 unspecified atom stereocenters. The topological polar surface area (TPSA) is 69.7 Å². The Morgan fingerprint density at radius 1 is 1.11 bits per heavy atom. The van der Waals surface area contributed by atoms with E-state index in [2.05, 4.69) is 0 Å². The summed E-state index contributed by atoms with van der Waals surface area (Å²) in [5.41, 5.74) is 2.20. The van der Waals surface area contributed by atoms with Crippen LogP contribution in [0.3, 0.4) is 0 Å². The molecule has 0 spiro atoms. The maximum atomic E-state index is 12.5. The lowest BCUT2D eigenvalue weighted by atomic mass is 9.76. The van der Waals surface area contributed by atoms with Gasteiger partial charge < -0.3 is 19.5 Å². The molecular weight excluding hydrogens is 246 g/mol. The summed E-state index contributed by atoms with van der Waals surface area (Å²) < 4.78 is 5.22. The minimum atomic E-state index is -1.11. The number of rotatable bonds is 2. The molecule has 1 heterocycles. The van der Waals surface area contributed by atoms with E-state index in [4.69, 9.17) is 4.74 Å². The van der Waals surface area contributed by atoms with Gasteiger partial charge in [-0.1, -0.05) is 11.1 Å². The first kappa shape index (κ1) is 14.1. The lowest BCUT2D eigenvalue weighted by molar-refractivity contribution is -0.313. The van der Waals surface area contributed by atoms with Gasteiger partial charge in [-0.15, -0.1) is 0 Å². The van der Waals surface area contributed by atoms with E-state index in [0.717, 1.165) is 11.1 Å². The summed E-state index contributed by atoms with van der Waals surface area (Å²) in [6.07, 6.45) is 0.954. The molecule has 0 aromatic carbocycles. The van der Waals surface area contributed by atoms with Gasteiger partial charge in [-0.2, -0.15) is 0 Å². The third-order valence-electron chi connectivity index (χ3n) is 4.21. The fraction of sp³-hybridized carbons (Fsp3) is 0.714. The minimum absolute atomic E-state index is 0.0654. The van der Waals surface area contributed by atoms with Gasteiger partial charge in [-0.3, -0.25) is 4.79 Å². The van der Waals surface area contributed by atoms with Crippen molar-refractivity contribution in [3.63, 3.8) is 0 Å². The molecule has 0 aromatic rings. The van der Waals surface area contributed by atoms with Crippen molar-refractivity contribution in [3.8, 4) is 0 Å². The van der Waals surface area contributed by atoms with Gasteiger partial charge in [-0.05, 0) is 26.7 Å². The molecule has 5 nitrogen and oxygen atoms in total. The monoisotopic (exact) mass is 266 g/mol. The van der Waals surface area contributed by atoms with E-state index in [0.29, 0.717) is 39.1 Å². The highest BCUT2D eigenvalue weighted by atomic mass is 16.5. The zero-order valence-electron chi connectivity index (χ0n) is 11.5. The Morgan fingerprint density at radius 3 is 2.16 bits per heavy atom. The first-order valence-corrected chi connectivity index (χ1v) is 6.73. The van der Waals surface area contributed by atoms with Gasteiger partial charge >= 0.3 is 0 Å². The molecule has 1 saturated heterocycles. The van der Waals surface area contributed by atoms with Crippen molar-refractivity contribution in [3.05, 3.63) is 11.1 Å². The molecule has 1 aliphatic heterocycles. The van der Waals surface area contributed by atoms with Crippen LogP contribution in [0, 0.1) is 11.8 Å². The van der Waals surface area contributed by atoms with Crippen LogP contribution in [0.1, 0.15) is 26.7 Å². The largest absolute Gasteiger partial charge is 0.550 e. The summed E-state index contributed by atoms with van der Waals surface area (Å²) in [5, 5.41) is 11.3. The van der Waals surface area contributed by atoms with E-state index in [9.17, 15) is 14.7 Å². The molecule has 106 valence electrons. The lowest BCUT2D eigenvalue weighted by Gasteiger charge is -2.37. The van der Waals surface area contributed by atoms with Crippen molar-refractivity contribution >= 4 is 11.9 Å². The van der Waals surface area contributed by atoms with Crippen LogP contribution in [-0.4, -0.2) is 43.1 Å². The summed E-state index contributed by atoms with van der Waals surface area (Å²) in [5.74, 6) is -2.35. The van der Waals surface area contributed by atoms with E-state index in [-0.39, 0.29) is 5.91 Å². The normalized spacial score (nSPS) is 28.4. The standard InChI is InChI=1S/C14H21NO4/c1-9-7-11(12(14(17)18)8-10(9)2)13(16)15-3-5-19-6-4-15/h11-12H,3-8H2,1-2H3,(H,17,18)/p-1/t11-,12+/m1/s1. The molecule has 0 saturated carbocycles. The fourth-order valence-corrected chi connectivity index (χ4v) is 2.82. The van der Waals surface area contributed by atoms with Crippen LogP contribution >= 0.6 is 0 Å². The second kappa shape index (κ2) is 5.74. The lowest BCUT2D eigenvalue weighted by Crippen LogP contribution is -2.49. The highest BCUT2D eigenvalue weighted by molar-refractivity contribution is 5.85. The number of nitrogens with zero attached hydrogens (tertiary/aromatic N) is 1. The number of carboxylic acid groups (broad SMARTS) is 1. The van der Waals surface area contributed by atoms with E-state index in [1.807, 2.05) is 13.8 Å². The maximum absolute atomic E-state index is 12.5. The first-order valence-electron chi connectivity index (χ1n) is 6.73. The third-order valence-corrected chi connectivity index (χ3v) is 4.21. The number of aliphatic carboxylic acids is 1. The van der Waals surface area contributed by atoms with Crippen LogP contribution in [0.25, 0.3) is 0 Å². The van der Waals surface area contributed by atoms with Crippen LogP contribution in [-0.2, 0) is 14.3 Å². The number of allylic oxidation sites excluding steroid dienone is 2. The molecule has 1 amide bonds. The van der Waals surface area contributed by atoms with Gasteiger partial charge in [0.25, 0.3) is 0 Å². The highest BCUT2D eigenvalue weighted by Gasteiger charge is 2.36. The molecule has 2 rings (SSSR count). The Kier molecular flexibility index (Phi) is 4.24. The van der Waals surface area contributed by atoms with E-state index in [1.165, 1.54) is 0 Å². The average molecular weight is 266 g/mol. The summed E-state index contributed by atoms with van der Waals surface area (Å²) in [6, 6.07) is 0. The summed E-state index contributed by atoms with van der Waals surface area (Å²) >= 11 is 0. The van der Waals surface area contributed by atoms with Gasteiger partial charge in [0, 0.05) is 25.0 Å². The minimum Gasteiger partial charge on any atom is -0.550 e. The number of ether oxygens (including phenoxy) is 1.